The van der Waals surface area contributed by atoms with E-state index in [1.54, 1.807) is 11.0 Å². The molecule has 0 spiro atoms. The van der Waals surface area contributed by atoms with E-state index in [0.29, 0.717) is 13.0 Å². The van der Waals surface area contributed by atoms with Crippen molar-refractivity contribution in [3.8, 4) is 0 Å². The van der Waals surface area contributed by atoms with Gasteiger partial charge in [0.2, 0.25) is 5.91 Å². The van der Waals surface area contributed by atoms with Gasteiger partial charge in [0.15, 0.2) is 5.72 Å². The van der Waals surface area contributed by atoms with Crippen LogP contribution in [0.15, 0.2) is 42.5 Å². The Kier molecular flexibility index (Phi) is 4.38. The molecule has 1 aliphatic heterocycles. The Bertz CT molecular complexity index is 455. The molecule has 1 atom stereocenters. The molecule has 1 heterocycles. The Labute approximate surface area is 114 Å². The van der Waals surface area contributed by atoms with Gasteiger partial charge in [-0.2, -0.15) is 0 Å². The Hall–Kier alpha value is -1.61. The summed E-state index contributed by atoms with van der Waals surface area (Å²) in [5.41, 5.74) is -0.0734. The molecule has 1 amide bonds. The Balaban J connectivity index is 2.06. The van der Waals surface area contributed by atoms with E-state index < -0.39 is 5.72 Å². The maximum Gasteiger partial charge on any atom is 0.249 e. The highest BCUT2D eigenvalue weighted by molar-refractivity contribution is 5.91. The van der Waals surface area contributed by atoms with Gasteiger partial charge in [-0.3, -0.25) is 4.79 Å². The molecule has 0 aliphatic carbocycles. The van der Waals surface area contributed by atoms with Gasteiger partial charge in [-0.05, 0) is 24.5 Å². The first-order valence-corrected chi connectivity index (χ1v) is 6.93. The lowest BCUT2D eigenvalue weighted by Gasteiger charge is -2.33. The first kappa shape index (κ1) is 13.8. The molecule has 1 aromatic rings. The van der Waals surface area contributed by atoms with Crippen molar-refractivity contribution < 1.29 is 9.90 Å². The lowest BCUT2D eigenvalue weighted by atomic mass is 10.0. The number of hydrogen-bond acceptors (Lipinski definition) is 2. The van der Waals surface area contributed by atoms with Crippen LogP contribution in [0.3, 0.4) is 0 Å². The molecule has 1 unspecified atom stereocenters. The van der Waals surface area contributed by atoms with E-state index in [1.807, 2.05) is 30.3 Å². The van der Waals surface area contributed by atoms with Crippen molar-refractivity contribution in [1.82, 2.24) is 4.90 Å². The molecule has 3 heteroatoms. The van der Waals surface area contributed by atoms with Crippen LogP contribution in [0.4, 0.5) is 0 Å². The minimum atomic E-state index is -1.11. The number of benzene rings is 1. The molecule has 0 fully saturated rings. The van der Waals surface area contributed by atoms with Crippen molar-refractivity contribution in [2.24, 2.45) is 0 Å². The second-order valence-corrected chi connectivity index (χ2v) is 5.08. The quantitative estimate of drug-likeness (QED) is 0.798. The summed E-state index contributed by atoms with van der Waals surface area (Å²) >= 11 is 0. The predicted octanol–water partition coefficient (Wildman–Crippen LogP) is 2.85. The lowest BCUT2D eigenvalue weighted by molar-refractivity contribution is -0.143. The van der Waals surface area contributed by atoms with Gasteiger partial charge in [0.1, 0.15) is 0 Å². The van der Waals surface area contributed by atoms with Gasteiger partial charge in [0, 0.05) is 12.6 Å². The number of nitrogens with zero attached hydrogens (tertiary/aromatic N) is 1. The van der Waals surface area contributed by atoms with Crippen molar-refractivity contribution in [3.63, 3.8) is 0 Å². The van der Waals surface area contributed by atoms with Gasteiger partial charge in [-0.1, -0.05) is 50.1 Å². The summed E-state index contributed by atoms with van der Waals surface area (Å²) in [6.45, 7) is 2.58. The molecule has 0 saturated carbocycles. The van der Waals surface area contributed by atoms with Crippen LogP contribution in [0, 0.1) is 0 Å². The monoisotopic (exact) mass is 259 g/mol. The standard InChI is InChI=1S/C16H21NO2/c1-2-3-7-11-16(19)12-10-15(18)17(16)13-14-8-5-4-6-9-14/h4-6,8-10,12,19H,2-3,7,11,13H2,1H3. The van der Waals surface area contributed by atoms with Crippen molar-refractivity contribution >= 4 is 5.91 Å². The van der Waals surface area contributed by atoms with Crippen LogP contribution < -0.4 is 0 Å². The molecule has 3 nitrogen and oxygen atoms in total. The zero-order valence-electron chi connectivity index (χ0n) is 11.4. The van der Waals surface area contributed by atoms with Crippen molar-refractivity contribution in [1.29, 1.82) is 0 Å². The van der Waals surface area contributed by atoms with Gasteiger partial charge in [-0.15, -0.1) is 0 Å². The topological polar surface area (TPSA) is 40.5 Å². The van der Waals surface area contributed by atoms with Gasteiger partial charge >= 0.3 is 0 Å². The second-order valence-electron chi connectivity index (χ2n) is 5.08. The summed E-state index contributed by atoms with van der Waals surface area (Å²) in [6, 6.07) is 9.77. The maximum atomic E-state index is 11.9. The number of aliphatic hydroxyl groups is 1. The zero-order valence-corrected chi connectivity index (χ0v) is 11.4. The van der Waals surface area contributed by atoms with E-state index in [2.05, 4.69) is 6.92 Å². The molecule has 19 heavy (non-hydrogen) atoms. The van der Waals surface area contributed by atoms with E-state index in [4.69, 9.17) is 0 Å². The molecule has 1 aliphatic rings. The molecule has 1 aromatic carbocycles. The van der Waals surface area contributed by atoms with E-state index in [1.165, 1.54) is 6.08 Å². The number of unbranched alkanes of at least 4 members (excludes halogenated alkanes) is 2. The average Bonchev–Trinajstić information content (AvgIpc) is 2.69. The van der Waals surface area contributed by atoms with E-state index in [9.17, 15) is 9.90 Å². The summed E-state index contributed by atoms with van der Waals surface area (Å²) in [6.07, 6.45) is 6.82. The number of carbonyl (C=O) groups is 1. The van der Waals surface area contributed by atoms with Crippen molar-refractivity contribution in [2.45, 2.75) is 44.9 Å². The maximum absolute atomic E-state index is 11.9. The minimum Gasteiger partial charge on any atom is -0.367 e. The molecule has 0 aromatic heterocycles. The fourth-order valence-electron chi connectivity index (χ4n) is 2.41. The first-order chi connectivity index (χ1) is 9.15. The summed E-state index contributed by atoms with van der Waals surface area (Å²) < 4.78 is 0. The Morgan fingerprint density at radius 1 is 1.21 bits per heavy atom. The summed E-state index contributed by atoms with van der Waals surface area (Å²) in [7, 11) is 0. The van der Waals surface area contributed by atoms with Crippen LogP contribution in [0.2, 0.25) is 0 Å². The highest BCUT2D eigenvalue weighted by Crippen LogP contribution is 2.28. The first-order valence-electron chi connectivity index (χ1n) is 6.93. The van der Waals surface area contributed by atoms with Crippen LogP contribution in [0.1, 0.15) is 38.2 Å². The number of hydrogen-bond donors (Lipinski definition) is 1. The van der Waals surface area contributed by atoms with Crippen LogP contribution in [0.5, 0.6) is 0 Å². The van der Waals surface area contributed by atoms with Crippen LogP contribution in [-0.4, -0.2) is 21.6 Å². The molecule has 0 bridgehead atoms. The Morgan fingerprint density at radius 3 is 2.63 bits per heavy atom. The SMILES string of the molecule is CCCCCC1(O)C=CC(=O)N1Cc1ccccc1. The number of carbonyl (C=O) groups excluding carboxylic acids is 1. The third-order valence-electron chi connectivity index (χ3n) is 3.56. The largest absolute Gasteiger partial charge is 0.367 e. The van der Waals surface area contributed by atoms with E-state index >= 15 is 0 Å². The number of rotatable bonds is 6. The van der Waals surface area contributed by atoms with E-state index in [0.717, 1.165) is 24.8 Å². The smallest absolute Gasteiger partial charge is 0.249 e. The molecule has 0 radical (unpaired) electrons. The third kappa shape index (κ3) is 3.24. The molecular weight excluding hydrogens is 238 g/mol. The fraction of sp³-hybridized carbons (Fsp3) is 0.438. The average molecular weight is 259 g/mol. The zero-order chi connectivity index (χ0) is 13.7. The third-order valence-corrected chi connectivity index (χ3v) is 3.56. The van der Waals surface area contributed by atoms with Crippen LogP contribution >= 0.6 is 0 Å². The predicted molar refractivity (Wildman–Crippen MR) is 75.2 cm³/mol. The van der Waals surface area contributed by atoms with Crippen LogP contribution in [0.25, 0.3) is 0 Å². The summed E-state index contributed by atoms with van der Waals surface area (Å²) in [5, 5.41) is 10.6. The van der Waals surface area contributed by atoms with Crippen molar-refractivity contribution in [2.75, 3.05) is 0 Å². The molecule has 102 valence electrons. The highest BCUT2D eigenvalue weighted by atomic mass is 16.3. The van der Waals surface area contributed by atoms with Gasteiger partial charge in [0.25, 0.3) is 0 Å². The molecule has 0 saturated heterocycles. The molecule has 1 N–H and O–H groups in total. The van der Waals surface area contributed by atoms with Crippen LogP contribution in [-0.2, 0) is 11.3 Å². The Morgan fingerprint density at radius 2 is 1.95 bits per heavy atom. The second kappa shape index (κ2) is 6.02. The summed E-state index contributed by atoms with van der Waals surface area (Å²) in [4.78, 5) is 13.5. The highest BCUT2D eigenvalue weighted by Gasteiger charge is 2.38. The van der Waals surface area contributed by atoms with Gasteiger partial charge in [0.05, 0.1) is 0 Å². The molecular formula is C16H21NO2. The van der Waals surface area contributed by atoms with Gasteiger partial charge < -0.3 is 10.0 Å². The normalized spacial score (nSPS) is 22.2. The minimum absolute atomic E-state index is 0.108. The molecule has 2 rings (SSSR count). The fourth-order valence-corrected chi connectivity index (χ4v) is 2.41. The van der Waals surface area contributed by atoms with Gasteiger partial charge in [-0.25, -0.2) is 0 Å². The number of amides is 1. The van der Waals surface area contributed by atoms with Crippen molar-refractivity contribution in [3.05, 3.63) is 48.0 Å². The van der Waals surface area contributed by atoms with E-state index in [-0.39, 0.29) is 5.91 Å². The summed E-state index contributed by atoms with van der Waals surface area (Å²) in [5.74, 6) is -0.108. The lowest BCUT2D eigenvalue weighted by Crippen LogP contribution is -2.45.